The van der Waals surface area contributed by atoms with Gasteiger partial charge in [-0.1, -0.05) is 26.0 Å². The number of hydrogen-bond donors (Lipinski definition) is 1. The maximum absolute atomic E-state index is 10.6. The van der Waals surface area contributed by atoms with Crippen LogP contribution in [0.4, 0.5) is 5.69 Å². The molecule has 0 unspecified atom stereocenters. The van der Waals surface area contributed by atoms with Crippen LogP contribution in [0.15, 0.2) is 24.3 Å². The topological polar surface area (TPSA) is 29.1 Å². The highest BCUT2D eigenvalue weighted by molar-refractivity contribution is 5.84. The molecule has 0 aliphatic carbocycles. The Morgan fingerprint density at radius 2 is 1.93 bits per heavy atom. The summed E-state index contributed by atoms with van der Waals surface area (Å²) in [6.07, 6.45) is 4.06. The van der Waals surface area contributed by atoms with Crippen LogP contribution in [0.1, 0.15) is 32.3 Å². The van der Waals surface area contributed by atoms with E-state index in [1.807, 2.05) is 24.5 Å². The zero-order valence-electron chi connectivity index (χ0n) is 8.71. The third-order valence-corrected chi connectivity index (χ3v) is 2.38. The van der Waals surface area contributed by atoms with E-state index in [0.717, 1.165) is 18.5 Å². The number of hydrogen-bond acceptors (Lipinski definition) is 2. The number of benzene rings is 1. The number of rotatable bonds is 5. The largest absolute Gasteiger partial charge is 0.382 e. The number of para-hydroxylation sites is 1. The highest BCUT2D eigenvalue weighted by Gasteiger charge is 2.05. The van der Waals surface area contributed by atoms with Crippen LogP contribution in [0.25, 0.3) is 0 Å². The zero-order valence-corrected chi connectivity index (χ0v) is 8.71. The molecule has 0 atom stereocenters. The Kier molecular flexibility index (Phi) is 4.17. The Balaban J connectivity index is 2.79. The third kappa shape index (κ3) is 2.59. The summed E-state index contributed by atoms with van der Waals surface area (Å²) in [6, 6.07) is 7.89. The second-order valence-corrected chi connectivity index (χ2v) is 3.31. The molecule has 1 N–H and O–H groups in total. The summed E-state index contributed by atoms with van der Waals surface area (Å²) in [4.78, 5) is 10.6. The number of nitrogens with one attached hydrogen (secondary N) is 1. The van der Waals surface area contributed by atoms with Crippen molar-refractivity contribution < 1.29 is 4.79 Å². The van der Waals surface area contributed by atoms with Crippen molar-refractivity contribution in [3.8, 4) is 0 Å². The van der Waals surface area contributed by atoms with Crippen LogP contribution >= 0.6 is 0 Å². The quantitative estimate of drug-likeness (QED) is 0.773. The first-order valence-electron chi connectivity index (χ1n) is 5.05. The smallest absolute Gasteiger partial charge is 0.235 e. The predicted molar refractivity (Wildman–Crippen MR) is 59.2 cm³/mol. The minimum absolute atomic E-state index is 0.435. The summed E-state index contributed by atoms with van der Waals surface area (Å²) in [6.45, 7) is 4.27. The van der Waals surface area contributed by atoms with E-state index in [1.165, 1.54) is 0 Å². The lowest BCUT2D eigenvalue weighted by atomic mass is 10.1. The van der Waals surface area contributed by atoms with Crippen LogP contribution in [0.5, 0.6) is 0 Å². The normalized spacial score (nSPS) is 10.2. The molecule has 1 aromatic carbocycles. The summed E-state index contributed by atoms with van der Waals surface area (Å²) in [7, 11) is 0. The van der Waals surface area contributed by atoms with Gasteiger partial charge in [0.1, 0.15) is 0 Å². The third-order valence-electron chi connectivity index (χ3n) is 2.38. The van der Waals surface area contributed by atoms with Crippen LogP contribution in [0.2, 0.25) is 0 Å². The molecule has 0 heterocycles. The van der Waals surface area contributed by atoms with Gasteiger partial charge in [0.25, 0.3) is 0 Å². The van der Waals surface area contributed by atoms with Gasteiger partial charge in [0, 0.05) is 17.3 Å². The molecule has 0 bridgehead atoms. The lowest BCUT2D eigenvalue weighted by molar-refractivity contribution is 0.562. The van der Waals surface area contributed by atoms with E-state index in [2.05, 4.69) is 19.2 Å². The van der Waals surface area contributed by atoms with E-state index < -0.39 is 0 Å². The highest BCUT2D eigenvalue weighted by atomic mass is 16.1. The number of carbonyl (C=O) groups excluding carboxylic acids is 1. The van der Waals surface area contributed by atoms with Crippen LogP contribution in [-0.4, -0.2) is 12.3 Å². The van der Waals surface area contributed by atoms with Gasteiger partial charge in [-0.05, 0) is 25.0 Å². The summed E-state index contributed by atoms with van der Waals surface area (Å²) in [5, 5.41) is 3.34. The van der Waals surface area contributed by atoms with E-state index in [1.54, 1.807) is 6.07 Å². The molecule has 2 nitrogen and oxygen atoms in total. The van der Waals surface area contributed by atoms with Gasteiger partial charge >= 0.3 is 0 Å². The summed E-state index contributed by atoms with van der Waals surface area (Å²) >= 11 is 0. The first kappa shape index (κ1) is 10.8. The van der Waals surface area contributed by atoms with Crippen LogP contribution in [-0.2, 0) is 4.79 Å². The van der Waals surface area contributed by atoms with E-state index in [9.17, 15) is 4.79 Å². The Bertz CT molecular complexity index is 292. The molecule has 0 fully saturated rings. The minimum atomic E-state index is 0.435. The van der Waals surface area contributed by atoms with Gasteiger partial charge in [0.2, 0.25) is 6.29 Å². The lowest BCUT2D eigenvalue weighted by Crippen LogP contribution is -2.17. The number of anilines is 1. The highest BCUT2D eigenvalue weighted by Crippen LogP contribution is 2.15. The Hall–Kier alpha value is -1.31. The van der Waals surface area contributed by atoms with Crippen LogP contribution in [0.3, 0.4) is 0 Å². The van der Waals surface area contributed by atoms with Crippen molar-refractivity contribution in [1.82, 2.24) is 0 Å². The average Bonchev–Trinajstić information content (AvgIpc) is 2.26. The second kappa shape index (κ2) is 5.43. The van der Waals surface area contributed by atoms with Crippen molar-refractivity contribution in [2.45, 2.75) is 32.7 Å². The van der Waals surface area contributed by atoms with E-state index in [0.29, 0.717) is 11.6 Å². The molecule has 0 saturated carbocycles. The average molecular weight is 190 g/mol. The van der Waals surface area contributed by atoms with Crippen molar-refractivity contribution in [2.75, 3.05) is 5.32 Å². The van der Waals surface area contributed by atoms with Gasteiger partial charge in [-0.3, -0.25) is 4.79 Å². The molecule has 75 valence electrons. The maximum atomic E-state index is 10.6. The van der Waals surface area contributed by atoms with Crippen LogP contribution in [0, 0.1) is 0 Å². The molecular weight excluding hydrogens is 174 g/mol. The van der Waals surface area contributed by atoms with Crippen molar-refractivity contribution in [2.24, 2.45) is 0 Å². The molecule has 1 aromatic rings. The molecule has 0 aliphatic rings. The molecule has 0 saturated heterocycles. The molecule has 0 aliphatic heterocycles. The fourth-order valence-electron chi connectivity index (χ4n) is 1.41. The molecule has 1 rings (SSSR count). The van der Waals surface area contributed by atoms with Gasteiger partial charge in [-0.25, -0.2) is 0 Å². The molecule has 14 heavy (non-hydrogen) atoms. The van der Waals surface area contributed by atoms with Gasteiger partial charge in [-0.15, -0.1) is 0 Å². The van der Waals surface area contributed by atoms with E-state index in [-0.39, 0.29) is 0 Å². The van der Waals surface area contributed by atoms with Crippen molar-refractivity contribution in [3.63, 3.8) is 0 Å². The molecule has 1 radical (unpaired) electrons. The Labute approximate surface area is 85.3 Å². The van der Waals surface area contributed by atoms with Gasteiger partial charge < -0.3 is 5.32 Å². The van der Waals surface area contributed by atoms with Crippen molar-refractivity contribution in [3.05, 3.63) is 29.8 Å². The maximum Gasteiger partial charge on any atom is 0.235 e. The Morgan fingerprint density at radius 3 is 2.50 bits per heavy atom. The first-order chi connectivity index (χ1) is 6.81. The summed E-state index contributed by atoms with van der Waals surface area (Å²) in [5.74, 6) is 0. The standard InChI is InChI=1S/C12H16NO/c1-3-11(4-2)13-12-8-6-5-7-10(12)9-14/h5-8,11,13H,3-4H2,1-2H3. The zero-order chi connectivity index (χ0) is 10.4. The van der Waals surface area contributed by atoms with Gasteiger partial charge in [0.05, 0.1) is 0 Å². The monoisotopic (exact) mass is 190 g/mol. The SMILES string of the molecule is CCC(CC)Nc1ccccc1[C]=O. The first-order valence-corrected chi connectivity index (χ1v) is 5.05. The molecule has 0 spiro atoms. The predicted octanol–water partition coefficient (Wildman–Crippen LogP) is 2.74. The van der Waals surface area contributed by atoms with Crippen molar-refractivity contribution in [1.29, 1.82) is 0 Å². The summed E-state index contributed by atoms with van der Waals surface area (Å²) < 4.78 is 0. The lowest BCUT2D eigenvalue weighted by Gasteiger charge is -2.17. The fourth-order valence-corrected chi connectivity index (χ4v) is 1.41. The molecule has 2 heteroatoms. The summed E-state index contributed by atoms with van der Waals surface area (Å²) in [5.41, 5.74) is 1.50. The molecule has 0 aromatic heterocycles. The fraction of sp³-hybridized carbons (Fsp3) is 0.417. The molecular formula is C12H16NO. The second-order valence-electron chi connectivity index (χ2n) is 3.31. The van der Waals surface area contributed by atoms with E-state index >= 15 is 0 Å². The van der Waals surface area contributed by atoms with Crippen LogP contribution < -0.4 is 5.32 Å². The minimum Gasteiger partial charge on any atom is -0.382 e. The Morgan fingerprint density at radius 1 is 1.29 bits per heavy atom. The van der Waals surface area contributed by atoms with Gasteiger partial charge in [-0.2, -0.15) is 0 Å². The van der Waals surface area contributed by atoms with Gasteiger partial charge in [0.15, 0.2) is 0 Å². The van der Waals surface area contributed by atoms with E-state index in [4.69, 9.17) is 0 Å². The van der Waals surface area contributed by atoms with Crippen molar-refractivity contribution >= 4 is 12.0 Å². The molecule has 0 amide bonds.